The third kappa shape index (κ3) is 3.77. The lowest BCUT2D eigenvalue weighted by atomic mass is 10.00. The zero-order valence-electron chi connectivity index (χ0n) is 13.8. The van der Waals surface area contributed by atoms with E-state index in [2.05, 4.69) is 5.32 Å². The van der Waals surface area contributed by atoms with Crippen LogP contribution >= 0.6 is 0 Å². The van der Waals surface area contributed by atoms with Crippen LogP contribution in [0.25, 0.3) is 0 Å². The van der Waals surface area contributed by atoms with Crippen molar-refractivity contribution >= 4 is 11.9 Å². The summed E-state index contributed by atoms with van der Waals surface area (Å²) in [6, 6.07) is 9.89. The predicted molar refractivity (Wildman–Crippen MR) is 89.7 cm³/mol. The molecule has 0 aliphatic rings. The fraction of sp³-hybridized carbons (Fsp3) is 0.263. The summed E-state index contributed by atoms with van der Waals surface area (Å²) in [7, 11) is 0. The van der Waals surface area contributed by atoms with E-state index < -0.39 is 12.0 Å². The van der Waals surface area contributed by atoms with Gasteiger partial charge in [0.1, 0.15) is 0 Å². The van der Waals surface area contributed by atoms with E-state index in [4.69, 9.17) is 0 Å². The number of hydrogen-bond donors (Lipinski definition) is 2. The number of carboxylic acid groups (broad SMARTS) is 1. The number of aliphatic carboxylic acids is 1. The molecule has 0 aromatic heterocycles. The zero-order valence-corrected chi connectivity index (χ0v) is 13.8. The molecule has 4 heteroatoms. The minimum Gasteiger partial charge on any atom is -0.479 e. The number of carbonyl (C=O) groups excluding carboxylic acids is 1. The van der Waals surface area contributed by atoms with E-state index in [1.165, 1.54) is 0 Å². The van der Waals surface area contributed by atoms with Gasteiger partial charge in [0.05, 0.1) is 0 Å². The maximum absolute atomic E-state index is 12.5. The van der Waals surface area contributed by atoms with Gasteiger partial charge in [0.2, 0.25) is 0 Å². The summed E-state index contributed by atoms with van der Waals surface area (Å²) in [5, 5.41) is 12.1. The SMILES string of the molecule is Cc1ccc(C)c(C(=O)NC(C(=O)O)c2ccc(C)c(C)c2)c1. The summed E-state index contributed by atoms with van der Waals surface area (Å²) in [5.74, 6) is -1.45. The molecule has 0 radical (unpaired) electrons. The molecule has 120 valence electrons. The second-order valence-electron chi connectivity index (χ2n) is 5.91. The van der Waals surface area contributed by atoms with Crippen molar-refractivity contribution in [1.82, 2.24) is 5.32 Å². The highest BCUT2D eigenvalue weighted by atomic mass is 16.4. The number of aryl methyl sites for hydroxylation is 4. The van der Waals surface area contributed by atoms with Crippen molar-refractivity contribution in [3.05, 3.63) is 69.8 Å². The van der Waals surface area contributed by atoms with Crippen LogP contribution < -0.4 is 5.32 Å². The van der Waals surface area contributed by atoms with Gasteiger partial charge in [-0.15, -0.1) is 0 Å². The van der Waals surface area contributed by atoms with Gasteiger partial charge < -0.3 is 10.4 Å². The maximum atomic E-state index is 12.5. The Morgan fingerprint density at radius 1 is 0.913 bits per heavy atom. The van der Waals surface area contributed by atoms with E-state index in [-0.39, 0.29) is 5.91 Å². The lowest BCUT2D eigenvalue weighted by Gasteiger charge is -2.17. The molecule has 0 heterocycles. The molecule has 0 saturated heterocycles. The largest absolute Gasteiger partial charge is 0.479 e. The summed E-state index contributed by atoms with van der Waals surface area (Å²) in [5.41, 5.74) is 4.92. The topological polar surface area (TPSA) is 66.4 Å². The van der Waals surface area contributed by atoms with Gasteiger partial charge in [-0.05, 0) is 56.0 Å². The Bertz CT molecular complexity index is 765. The third-order valence-corrected chi connectivity index (χ3v) is 4.02. The molecule has 2 aromatic rings. The fourth-order valence-electron chi connectivity index (χ4n) is 2.42. The van der Waals surface area contributed by atoms with Gasteiger partial charge in [-0.1, -0.05) is 35.9 Å². The molecule has 2 rings (SSSR count). The van der Waals surface area contributed by atoms with Crippen molar-refractivity contribution < 1.29 is 14.7 Å². The van der Waals surface area contributed by atoms with Crippen molar-refractivity contribution in [3.63, 3.8) is 0 Å². The lowest BCUT2D eigenvalue weighted by molar-refractivity contribution is -0.139. The highest BCUT2D eigenvalue weighted by Gasteiger charge is 2.23. The minimum atomic E-state index is -1.08. The van der Waals surface area contributed by atoms with Crippen LogP contribution in [-0.4, -0.2) is 17.0 Å². The van der Waals surface area contributed by atoms with Crippen molar-refractivity contribution in [1.29, 1.82) is 0 Å². The average molecular weight is 311 g/mol. The lowest BCUT2D eigenvalue weighted by Crippen LogP contribution is -2.34. The van der Waals surface area contributed by atoms with Crippen LogP contribution in [-0.2, 0) is 4.79 Å². The quantitative estimate of drug-likeness (QED) is 0.908. The third-order valence-electron chi connectivity index (χ3n) is 4.02. The molecular weight excluding hydrogens is 290 g/mol. The highest BCUT2D eigenvalue weighted by molar-refractivity contribution is 5.98. The predicted octanol–water partition coefficient (Wildman–Crippen LogP) is 3.48. The molecule has 1 unspecified atom stereocenters. The van der Waals surface area contributed by atoms with E-state index in [9.17, 15) is 14.7 Å². The van der Waals surface area contributed by atoms with Crippen LogP contribution in [0.4, 0.5) is 0 Å². The number of benzene rings is 2. The molecule has 2 N–H and O–H groups in total. The van der Waals surface area contributed by atoms with E-state index >= 15 is 0 Å². The molecule has 1 amide bonds. The summed E-state index contributed by atoms with van der Waals surface area (Å²) < 4.78 is 0. The first-order valence-electron chi connectivity index (χ1n) is 7.47. The van der Waals surface area contributed by atoms with Crippen LogP contribution in [0.5, 0.6) is 0 Å². The number of amides is 1. The molecule has 4 nitrogen and oxygen atoms in total. The number of rotatable bonds is 4. The number of carboxylic acids is 1. The minimum absolute atomic E-state index is 0.378. The Morgan fingerprint density at radius 2 is 1.57 bits per heavy atom. The van der Waals surface area contributed by atoms with E-state index in [1.807, 2.05) is 45.9 Å². The van der Waals surface area contributed by atoms with Gasteiger partial charge in [0.25, 0.3) is 5.91 Å². The van der Waals surface area contributed by atoms with Gasteiger partial charge >= 0.3 is 5.97 Å². The molecule has 0 fully saturated rings. The first kappa shape index (κ1) is 16.7. The molecule has 1 atom stereocenters. The summed E-state index contributed by atoms with van der Waals surface area (Å²) >= 11 is 0. The van der Waals surface area contributed by atoms with Gasteiger partial charge in [-0.25, -0.2) is 4.79 Å². The zero-order chi connectivity index (χ0) is 17.1. The second-order valence-corrected chi connectivity index (χ2v) is 5.91. The van der Waals surface area contributed by atoms with Crippen LogP contribution in [0, 0.1) is 27.7 Å². The van der Waals surface area contributed by atoms with Crippen LogP contribution in [0.1, 0.15) is 44.2 Å². The smallest absolute Gasteiger partial charge is 0.330 e. The van der Waals surface area contributed by atoms with Gasteiger partial charge in [0.15, 0.2) is 6.04 Å². The van der Waals surface area contributed by atoms with E-state index in [0.29, 0.717) is 11.1 Å². The van der Waals surface area contributed by atoms with Crippen molar-refractivity contribution in [2.45, 2.75) is 33.7 Å². The second kappa shape index (κ2) is 6.65. The molecular formula is C19H21NO3. The molecule has 23 heavy (non-hydrogen) atoms. The Morgan fingerprint density at radius 3 is 2.17 bits per heavy atom. The molecule has 2 aromatic carbocycles. The number of hydrogen-bond acceptors (Lipinski definition) is 2. The maximum Gasteiger partial charge on any atom is 0.330 e. The molecule has 0 spiro atoms. The first-order valence-corrected chi connectivity index (χ1v) is 7.47. The van der Waals surface area contributed by atoms with Crippen LogP contribution in [0.3, 0.4) is 0 Å². The summed E-state index contributed by atoms with van der Waals surface area (Å²) in [4.78, 5) is 24.1. The molecule has 0 aliphatic carbocycles. The molecule has 0 saturated carbocycles. The van der Waals surface area contributed by atoms with E-state index in [1.54, 1.807) is 18.2 Å². The van der Waals surface area contributed by atoms with Crippen LogP contribution in [0.2, 0.25) is 0 Å². The van der Waals surface area contributed by atoms with E-state index in [0.717, 1.165) is 22.3 Å². The van der Waals surface area contributed by atoms with Gasteiger partial charge in [-0.2, -0.15) is 0 Å². The van der Waals surface area contributed by atoms with Crippen molar-refractivity contribution in [2.75, 3.05) is 0 Å². The molecule has 0 aliphatic heterocycles. The van der Waals surface area contributed by atoms with Gasteiger partial charge in [-0.3, -0.25) is 4.79 Å². The summed E-state index contributed by atoms with van der Waals surface area (Å²) in [6.07, 6.45) is 0. The Hall–Kier alpha value is -2.62. The number of nitrogens with one attached hydrogen (secondary N) is 1. The molecule has 0 bridgehead atoms. The van der Waals surface area contributed by atoms with Crippen molar-refractivity contribution in [2.24, 2.45) is 0 Å². The summed E-state index contributed by atoms with van der Waals surface area (Å²) in [6.45, 7) is 7.61. The van der Waals surface area contributed by atoms with Crippen LogP contribution in [0.15, 0.2) is 36.4 Å². The Labute approximate surface area is 136 Å². The number of carbonyl (C=O) groups is 2. The fourth-order valence-corrected chi connectivity index (χ4v) is 2.42. The standard InChI is InChI=1S/C19H21NO3/c1-11-5-6-13(3)16(9-11)18(21)20-17(19(22)23)15-8-7-12(2)14(4)10-15/h5-10,17H,1-4H3,(H,20,21)(H,22,23). The van der Waals surface area contributed by atoms with Crippen molar-refractivity contribution in [3.8, 4) is 0 Å². The Kier molecular flexibility index (Phi) is 4.84. The van der Waals surface area contributed by atoms with Gasteiger partial charge in [0, 0.05) is 5.56 Å². The average Bonchev–Trinajstić information content (AvgIpc) is 2.49. The Balaban J connectivity index is 2.32. The first-order chi connectivity index (χ1) is 10.8. The normalized spacial score (nSPS) is 11.8. The highest BCUT2D eigenvalue weighted by Crippen LogP contribution is 2.19. The monoisotopic (exact) mass is 311 g/mol.